The fourth-order valence-corrected chi connectivity index (χ4v) is 2.29. The normalized spacial score (nSPS) is 18.9. The smallest absolute Gasteiger partial charge is 0.0798 e. The molecule has 0 bridgehead atoms. The second kappa shape index (κ2) is 3.74. The number of rotatable bonds is 3. The largest absolute Gasteiger partial charge is 0.306 e. The van der Waals surface area contributed by atoms with Gasteiger partial charge in [0.2, 0.25) is 0 Å². The summed E-state index contributed by atoms with van der Waals surface area (Å²) in [5, 5.41) is 3.52. The van der Waals surface area contributed by atoms with Crippen LogP contribution in [0.2, 0.25) is 0 Å². The lowest BCUT2D eigenvalue weighted by Gasteiger charge is -2.36. The van der Waals surface area contributed by atoms with Gasteiger partial charge in [0.1, 0.15) is 0 Å². The third kappa shape index (κ3) is 2.07. The SMILES string of the molecule is Cc1ncsc1CNC1CN(C)C1. The molecule has 72 valence electrons. The number of aromatic nitrogens is 1. The molecule has 0 aromatic carbocycles. The Balaban J connectivity index is 1.77. The number of hydrogen-bond donors (Lipinski definition) is 1. The summed E-state index contributed by atoms with van der Waals surface area (Å²) in [5.41, 5.74) is 3.09. The standard InChI is InChI=1S/C9H15N3S/c1-7-9(13-6-11-7)3-10-8-4-12(2)5-8/h6,8,10H,3-5H2,1-2H3. The molecule has 0 aliphatic carbocycles. The maximum Gasteiger partial charge on any atom is 0.0798 e. The van der Waals surface area contributed by atoms with Gasteiger partial charge in [0.15, 0.2) is 0 Å². The molecule has 1 aliphatic rings. The van der Waals surface area contributed by atoms with Gasteiger partial charge in [0.25, 0.3) is 0 Å². The molecule has 1 N–H and O–H groups in total. The Hall–Kier alpha value is -0.450. The number of nitrogens with zero attached hydrogens (tertiary/aromatic N) is 2. The summed E-state index contributed by atoms with van der Waals surface area (Å²) in [4.78, 5) is 7.91. The van der Waals surface area contributed by atoms with Crippen molar-refractivity contribution in [1.82, 2.24) is 15.2 Å². The van der Waals surface area contributed by atoms with E-state index < -0.39 is 0 Å². The van der Waals surface area contributed by atoms with Crippen molar-refractivity contribution < 1.29 is 0 Å². The van der Waals surface area contributed by atoms with Crippen LogP contribution in [0.5, 0.6) is 0 Å². The minimum atomic E-state index is 0.687. The molecule has 0 amide bonds. The van der Waals surface area contributed by atoms with E-state index in [0.717, 1.165) is 6.54 Å². The van der Waals surface area contributed by atoms with E-state index in [4.69, 9.17) is 0 Å². The fourth-order valence-electron chi connectivity index (χ4n) is 1.56. The molecule has 1 fully saturated rings. The van der Waals surface area contributed by atoms with Gasteiger partial charge in [-0.2, -0.15) is 0 Å². The Bertz CT molecular complexity index is 278. The van der Waals surface area contributed by atoms with E-state index in [1.165, 1.54) is 23.7 Å². The zero-order valence-electron chi connectivity index (χ0n) is 8.08. The van der Waals surface area contributed by atoms with Crippen molar-refractivity contribution >= 4 is 11.3 Å². The predicted octanol–water partition coefficient (Wildman–Crippen LogP) is 0.855. The highest BCUT2D eigenvalue weighted by Crippen LogP contribution is 2.12. The molecule has 2 rings (SSSR count). The first-order valence-corrected chi connectivity index (χ1v) is 5.44. The van der Waals surface area contributed by atoms with E-state index in [1.54, 1.807) is 11.3 Å². The second-order valence-electron chi connectivity index (χ2n) is 3.66. The van der Waals surface area contributed by atoms with Crippen LogP contribution in [-0.2, 0) is 6.54 Å². The Morgan fingerprint density at radius 2 is 2.46 bits per heavy atom. The van der Waals surface area contributed by atoms with Crippen molar-refractivity contribution in [2.24, 2.45) is 0 Å². The van der Waals surface area contributed by atoms with E-state index in [-0.39, 0.29) is 0 Å². The van der Waals surface area contributed by atoms with Gasteiger partial charge in [-0.25, -0.2) is 4.98 Å². The third-order valence-corrected chi connectivity index (χ3v) is 3.40. The van der Waals surface area contributed by atoms with Crippen LogP contribution in [-0.4, -0.2) is 36.1 Å². The lowest BCUT2D eigenvalue weighted by atomic mass is 10.1. The third-order valence-electron chi connectivity index (χ3n) is 2.46. The van der Waals surface area contributed by atoms with E-state index >= 15 is 0 Å². The Labute approximate surface area is 82.8 Å². The molecular formula is C9H15N3S. The van der Waals surface area contributed by atoms with Crippen molar-refractivity contribution in [3.05, 3.63) is 16.1 Å². The van der Waals surface area contributed by atoms with Crippen LogP contribution in [0.4, 0.5) is 0 Å². The number of aryl methyl sites for hydroxylation is 1. The van der Waals surface area contributed by atoms with Crippen LogP contribution in [0.25, 0.3) is 0 Å². The first-order valence-electron chi connectivity index (χ1n) is 4.56. The molecule has 0 spiro atoms. The van der Waals surface area contributed by atoms with Crippen LogP contribution in [0.3, 0.4) is 0 Å². The monoisotopic (exact) mass is 197 g/mol. The molecular weight excluding hydrogens is 182 g/mol. The number of nitrogens with one attached hydrogen (secondary N) is 1. The van der Waals surface area contributed by atoms with E-state index in [2.05, 4.69) is 29.2 Å². The van der Waals surface area contributed by atoms with Crippen molar-refractivity contribution in [3.63, 3.8) is 0 Å². The summed E-state index contributed by atoms with van der Waals surface area (Å²) in [5.74, 6) is 0. The Morgan fingerprint density at radius 1 is 1.69 bits per heavy atom. The van der Waals surface area contributed by atoms with Crippen molar-refractivity contribution in [2.75, 3.05) is 20.1 Å². The molecule has 0 radical (unpaired) electrons. The van der Waals surface area contributed by atoms with Gasteiger partial charge in [0.05, 0.1) is 11.2 Å². The maximum absolute atomic E-state index is 4.22. The van der Waals surface area contributed by atoms with Crippen LogP contribution in [0, 0.1) is 6.92 Å². The predicted molar refractivity (Wildman–Crippen MR) is 55.0 cm³/mol. The highest BCUT2D eigenvalue weighted by atomic mass is 32.1. The van der Waals surface area contributed by atoms with Gasteiger partial charge in [-0.05, 0) is 14.0 Å². The fraction of sp³-hybridized carbons (Fsp3) is 0.667. The van der Waals surface area contributed by atoms with E-state index in [1.807, 2.05) is 5.51 Å². The number of hydrogen-bond acceptors (Lipinski definition) is 4. The van der Waals surface area contributed by atoms with Gasteiger partial charge in [-0.1, -0.05) is 0 Å². The number of likely N-dealkylation sites (tertiary alicyclic amines) is 1. The molecule has 4 heteroatoms. The van der Waals surface area contributed by atoms with Gasteiger partial charge in [-0.15, -0.1) is 11.3 Å². The maximum atomic E-state index is 4.22. The van der Waals surface area contributed by atoms with Gasteiger partial charge in [-0.3, -0.25) is 0 Å². The van der Waals surface area contributed by atoms with Crippen molar-refractivity contribution in [3.8, 4) is 0 Å². The van der Waals surface area contributed by atoms with Crippen LogP contribution < -0.4 is 5.32 Å². The second-order valence-corrected chi connectivity index (χ2v) is 4.60. The molecule has 1 aromatic rings. The summed E-state index contributed by atoms with van der Waals surface area (Å²) >= 11 is 1.74. The minimum absolute atomic E-state index is 0.687. The zero-order valence-corrected chi connectivity index (χ0v) is 8.90. The first-order chi connectivity index (χ1) is 6.25. The Morgan fingerprint density at radius 3 is 3.00 bits per heavy atom. The quantitative estimate of drug-likeness (QED) is 0.779. The molecule has 2 heterocycles. The molecule has 13 heavy (non-hydrogen) atoms. The summed E-state index contributed by atoms with van der Waals surface area (Å²) in [6.07, 6.45) is 0. The van der Waals surface area contributed by atoms with Crippen LogP contribution >= 0.6 is 11.3 Å². The summed E-state index contributed by atoms with van der Waals surface area (Å²) < 4.78 is 0. The molecule has 1 aliphatic heterocycles. The summed E-state index contributed by atoms with van der Waals surface area (Å²) in [7, 11) is 2.15. The van der Waals surface area contributed by atoms with Crippen molar-refractivity contribution in [1.29, 1.82) is 0 Å². The highest BCUT2D eigenvalue weighted by molar-refractivity contribution is 7.09. The molecule has 0 unspecified atom stereocenters. The lowest BCUT2D eigenvalue weighted by molar-refractivity contribution is 0.161. The zero-order chi connectivity index (χ0) is 9.26. The average molecular weight is 197 g/mol. The minimum Gasteiger partial charge on any atom is -0.306 e. The molecule has 1 saturated heterocycles. The molecule has 0 saturated carbocycles. The first kappa shape index (κ1) is 9.12. The van der Waals surface area contributed by atoms with Gasteiger partial charge >= 0.3 is 0 Å². The average Bonchev–Trinajstić information content (AvgIpc) is 2.43. The summed E-state index contributed by atoms with van der Waals surface area (Å²) in [6, 6.07) is 0.687. The summed E-state index contributed by atoms with van der Waals surface area (Å²) in [6.45, 7) is 5.41. The lowest BCUT2D eigenvalue weighted by Crippen LogP contribution is -2.55. The Kier molecular flexibility index (Phi) is 2.62. The van der Waals surface area contributed by atoms with Crippen LogP contribution in [0.15, 0.2) is 5.51 Å². The van der Waals surface area contributed by atoms with Crippen molar-refractivity contribution in [2.45, 2.75) is 19.5 Å². The van der Waals surface area contributed by atoms with Gasteiger partial charge < -0.3 is 10.2 Å². The highest BCUT2D eigenvalue weighted by Gasteiger charge is 2.22. The topological polar surface area (TPSA) is 28.2 Å². The van der Waals surface area contributed by atoms with Gasteiger partial charge in [0, 0.05) is 30.6 Å². The van der Waals surface area contributed by atoms with E-state index in [9.17, 15) is 0 Å². The van der Waals surface area contributed by atoms with Crippen LogP contribution in [0.1, 0.15) is 10.6 Å². The molecule has 3 nitrogen and oxygen atoms in total. The molecule has 0 atom stereocenters. The van der Waals surface area contributed by atoms with E-state index in [0.29, 0.717) is 6.04 Å². The molecule has 1 aromatic heterocycles. The number of likely N-dealkylation sites (N-methyl/N-ethyl adjacent to an activating group) is 1. The number of thiazole rings is 1.